The number of anilines is 2. The second-order valence-electron chi connectivity index (χ2n) is 4.69. The molecule has 0 radical (unpaired) electrons. The summed E-state index contributed by atoms with van der Waals surface area (Å²) in [5.41, 5.74) is 11.2. The zero-order valence-electron chi connectivity index (χ0n) is 8.56. The average Bonchev–Trinajstić information content (AvgIpc) is 2.76. The van der Waals surface area contributed by atoms with E-state index in [-0.39, 0.29) is 11.9 Å². The Bertz CT molecular complexity index is 371. The van der Waals surface area contributed by atoms with Gasteiger partial charge in [0.15, 0.2) is 0 Å². The van der Waals surface area contributed by atoms with Gasteiger partial charge in [0.1, 0.15) is 5.82 Å². The zero-order chi connectivity index (χ0) is 10.4. The third-order valence-corrected chi connectivity index (χ3v) is 3.76. The molecular weight excluding hydrogens is 190 g/mol. The van der Waals surface area contributed by atoms with E-state index in [0.717, 1.165) is 17.7 Å². The standard InChI is InChI=1S/C10H15N5/c11-9-13-8(14-10(12)15-9)7-4-5-1-2-6(7)3-5/h5-7H,1-4H2,(H4,11,12,13,14,15). The highest BCUT2D eigenvalue weighted by molar-refractivity contribution is 5.27. The van der Waals surface area contributed by atoms with E-state index >= 15 is 0 Å². The smallest absolute Gasteiger partial charge is 0.225 e. The molecule has 2 bridgehead atoms. The summed E-state index contributed by atoms with van der Waals surface area (Å²) in [5.74, 6) is 3.40. The van der Waals surface area contributed by atoms with Crippen LogP contribution < -0.4 is 11.5 Å². The molecule has 0 aliphatic heterocycles. The molecule has 2 fully saturated rings. The Morgan fingerprint density at radius 1 is 0.933 bits per heavy atom. The molecule has 0 spiro atoms. The number of nitrogen functional groups attached to an aromatic ring is 2. The predicted molar refractivity (Wildman–Crippen MR) is 56.8 cm³/mol. The maximum absolute atomic E-state index is 5.58. The quantitative estimate of drug-likeness (QED) is 0.712. The molecule has 0 amide bonds. The molecule has 15 heavy (non-hydrogen) atoms. The number of nitrogens with zero attached hydrogens (tertiary/aromatic N) is 3. The van der Waals surface area contributed by atoms with Gasteiger partial charge in [-0.2, -0.15) is 15.0 Å². The van der Waals surface area contributed by atoms with Crippen LogP contribution in [0.15, 0.2) is 0 Å². The largest absolute Gasteiger partial charge is 0.368 e. The molecule has 2 aliphatic carbocycles. The second kappa shape index (κ2) is 3.05. The summed E-state index contributed by atoms with van der Waals surface area (Å²) in [6.07, 6.45) is 5.21. The van der Waals surface area contributed by atoms with Crippen molar-refractivity contribution in [3.63, 3.8) is 0 Å². The molecule has 4 N–H and O–H groups in total. The van der Waals surface area contributed by atoms with E-state index in [1.165, 1.54) is 25.7 Å². The summed E-state index contributed by atoms with van der Waals surface area (Å²) < 4.78 is 0. The van der Waals surface area contributed by atoms with Gasteiger partial charge in [0.25, 0.3) is 0 Å². The highest BCUT2D eigenvalue weighted by Crippen LogP contribution is 2.52. The number of aromatic nitrogens is 3. The van der Waals surface area contributed by atoms with Crippen molar-refractivity contribution in [3.05, 3.63) is 5.82 Å². The molecule has 1 aromatic rings. The van der Waals surface area contributed by atoms with E-state index in [1.807, 2.05) is 0 Å². The summed E-state index contributed by atoms with van der Waals surface area (Å²) in [4.78, 5) is 12.2. The molecule has 1 aromatic heterocycles. The predicted octanol–water partition coefficient (Wildman–Crippen LogP) is 0.940. The summed E-state index contributed by atoms with van der Waals surface area (Å²) >= 11 is 0. The summed E-state index contributed by atoms with van der Waals surface area (Å²) in [7, 11) is 0. The topological polar surface area (TPSA) is 90.7 Å². The Kier molecular flexibility index (Phi) is 1.81. The number of hydrogen-bond acceptors (Lipinski definition) is 5. The molecular formula is C10H15N5. The van der Waals surface area contributed by atoms with Crippen molar-refractivity contribution < 1.29 is 0 Å². The maximum Gasteiger partial charge on any atom is 0.225 e. The van der Waals surface area contributed by atoms with Gasteiger partial charge >= 0.3 is 0 Å². The molecule has 2 aliphatic rings. The van der Waals surface area contributed by atoms with Crippen molar-refractivity contribution in [1.82, 2.24) is 15.0 Å². The number of nitrogens with two attached hydrogens (primary N) is 2. The Balaban J connectivity index is 1.93. The minimum absolute atomic E-state index is 0.250. The van der Waals surface area contributed by atoms with Crippen LogP contribution in [0.5, 0.6) is 0 Å². The van der Waals surface area contributed by atoms with Gasteiger partial charge in [-0.1, -0.05) is 6.42 Å². The van der Waals surface area contributed by atoms with Crippen molar-refractivity contribution in [1.29, 1.82) is 0 Å². The van der Waals surface area contributed by atoms with Crippen LogP contribution >= 0.6 is 0 Å². The maximum atomic E-state index is 5.58. The van der Waals surface area contributed by atoms with Crippen LogP contribution in [0.3, 0.4) is 0 Å². The first kappa shape index (κ1) is 8.88. The fraction of sp³-hybridized carbons (Fsp3) is 0.700. The molecule has 0 aromatic carbocycles. The van der Waals surface area contributed by atoms with E-state index in [1.54, 1.807) is 0 Å². The van der Waals surface area contributed by atoms with E-state index in [2.05, 4.69) is 15.0 Å². The fourth-order valence-corrected chi connectivity index (χ4v) is 3.15. The minimum atomic E-state index is 0.250. The van der Waals surface area contributed by atoms with Crippen LogP contribution in [0, 0.1) is 11.8 Å². The van der Waals surface area contributed by atoms with Crippen molar-refractivity contribution in [2.75, 3.05) is 11.5 Å². The molecule has 3 unspecified atom stereocenters. The van der Waals surface area contributed by atoms with E-state index in [0.29, 0.717) is 5.92 Å². The molecule has 5 heteroatoms. The van der Waals surface area contributed by atoms with Crippen molar-refractivity contribution in [2.45, 2.75) is 31.6 Å². The van der Waals surface area contributed by atoms with Gasteiger partial charge in [0.05, 0.1) is 0 Å². The molecule has 80 valence electrons. The highest BCUT2D eigenvalue weighted by Gasteiger charge is 2.41. The fourth-order valence-electron chi connectivity index (χ4n) is 3.15. The Labute approximate surface area is 88.3 Å². The van der Waals surface area contributed by atoms with Crippen LogP contribution in [-0.4, -0.2) is 15.0 Å². The van der Waals surface area contributed by atoms with Crippen LogP contribution in [0.2, 0.25) is 0 Å². The van der Waals surface area contributed by atoms with Crippen LogP contribution in [0.25, 0.3) is 0 Å². The van der Waals surface area contributed by atoms with Gasteiger partial charge in [-0.05, 0) is 31.1 Å². The molecule has 2 saturated carbocycles. The first-order chi connectivity index (χ1) is 7.22. The Morgan fingerprint density at radius 2 is 1.67 bits per heavy atom. The van der Waals surface area contributed by atoms with Crippen LogP contribution in [0.4, 0.5) is 11.9 Å². The van der Waals surface area contributed by atoms with Gasteiger partial charge in [0, 0.05) is 5.92 Å². The number of hydrogen-bond donors (Lipinski definition) is 2. The lowest BCUT2D eigenvalue weighted by molar-refractivity contribution is 0.405. The van der Waals surface area contributed by atoms with E-state index in [4.69, 9.17) is 11.5 Å². The third kappa shape index (κ3) is 1.42. The Hall–Kier alpha value is -1.39. The third-order valence-electron chi connectivity index (χ3n) is 3.76. The SMILES string of the molecule is Nc1nc(N)nc(C2CC3CCC2C3)n1. The molecule has 5 nitrogen and oxygen atoms in total. The first-order valence-electron chi connectivity index (χ1n) is 5.49. The minimum Gasteiger partial charge on any atom is -0.368 e. The number of fused-ring (bicyclic) bond motifs is 2. The second-order valence-corrected chi connectivity index (χ2v) is 4.69. The van der Waals surface area contributed by atoms with Crippen molar-refractivity contribution in [2.24, 2.45) is 11.8 Å². The molecule has 3 atom stereocenters. The van der Waals surface area contributed by atoms with Gasteiger partial charge < -0.3 is 11.5 Å². The average molecular weight is 205 g/mol. The number of rotatable bonds is 1. The molecule has 3 rings (SSSR count). The molecule has 0 saturated heterocycles. The van der Waals surface area contributed by atoms with Crippen LogP contribution in [0.1, 0.15) is 37.4 Å². The van der Waals surface area contributed by atoms with Crippen molar-refractivity contribution >= 4 is 11.9 Å². The van der Waals surface area contributed by atoms with Crippen molar-refractivity contribution in [3.8, 4) is 0 Å². The van der Waals surface area contributed by atoms with E-state index in [9.17, 15) is 0 Å². The van der Waals surface area contributed by atoms with Gasteiger partial charge in [0.2, 0.25) is 11.9 Å². The Morgan fingerprint density at radius 3 is 2.20 bits per heavy atom. The van der Waals surface area contributed by atoms with Gasteiger partial charge in [-0.25, -0.2) is 0 Å². The lowest BCUT2D eigenvalue weighted by Crippen LogP contribution is -2.15. The van der Waals surface area contributed by atoms with Gasteiger partial charge in [-0.15, -0.1) is 0 Å². The highest BCUT2D eigenvalue weighted by atomic mass is 15.1. The first-order valence-corrected chi connectivity index (χ1v) is 5.49. The monoisotopic (exact) mass is 205 g/mol. The normalized spacial score (nSPS) is 33.5. The van der Waals surface area contributed by atoms with Crippen LogP contribution in [-0.2, 0) is 0 Å². The van der Waals surface area contributed by atoms with E-state index < -0.39 is 0 Å². The lowest BCUT2D eigenvalue weighted by Gasteiger charge is -2.20. The summed E-state index contributed by atoms with van der Waals surface area (Å²) in [5, 5.41) is 0. The van der Waals surface area contributed by atoms with Gasteiger partial charge in [-0.3, -0.25) is 0 Å². The molecule has 1 heterocycles. The summed E-state index contributed by atoms with van der Waals surface area (Å²) in [6.45, 7) is 0. The lowest BCUT2D eigenvalue weighted by atomic mass is 9.88. The summed E-state index contributed by atoms with van der Waals surface area (Å²) in [6, 6.07) is 0. The zero-order valence-corrected chi connectivity index (χ0v) is 8.56.